The second kappa shape index (κ2) is 10.7. The molecule has 2 N–H and O–H groups in total. The summed E-state index contributed by atoms with van der Waals surface area (Å²) >= 11 is 0. The van der Waals surface area contributed by atoms with Gasteiger partial charge in [-0.3, -0.25) is 4.79 Å². The predicted octanol–water partition coefficient (Wildman–Crippen LogP) is 4.41. The number of imidazole rings is 1. The molecule has 17 heteroatoms. The number of aryl methyl sites for hydroxylation is 1. The van der Waals surface area contributed by atoms with Crippen LogP contribution in [0.5, 0.6) is 0 Å². The normalized spacial score (nSPS) is 23.1. The fourth-order valence-electron chi connectivity index (χ4n) is 6.45. The van der Waals surface area contributed by atoms with E-state index in [9.17, 15) is 36.8 Å². The number of rotatable bonds is 7. The van der Waals surface area contributed by atoms with Crippen molar-refractivity contribution < 1.29 is 36.2 Å². The molecule has 2 aliphatic carbocycles. The van der Waals surface area contributed by atoms with Crippen LogP contribution < -0.4 is 10.6 Å². The van der Waals surface area contributed by atoms with Gasteiger partial charge in [0, 0.05) is 18.4 Å². The third-order valence-electron chi connectivity index (χ3n) is 9.02. The molecule has 3 aromatic rings. The van der Waals surface area contributed by atoms with Crippen LogP contribution in [0.1, 0.15) is 84.5 Å². The van der Waals surface area contributed by atoms with E-state index in [-0.39, 0.29) is 42.7 Å². The fraction of sp³-hybridized carbons (Fsp3) is 0.593. The second-order valence-electron chi connectivity index (χ2n) is 11.8. The molecule has 3 aromatic heterocycles. The molecule has 3 amide bonds. The summed E-state index contributed by atoms with van der Waals surface area (Å²) in [6.07, 6.45) is -0.815. The number of urea groups is 1. The molecule has 44 heavy (non-hydrogen) atoms. The molecule has 0 unspecified atom stereocenters. The second-order valence-corrected chi connectivity index (χ2v) is 11.8. The molecule has 6 rings (SSSR count). The quantitative estimate of drug-likeness (QED) is 0.368. The van der Waals surface area contributed by atoms with Crippen LogP contribution in [0.25, 0.3) is 5.65 Å². The van der Waals surface area contributed by atoms with E-state index in [0.717, 1.165) is 4.90 Å². The number of hydrogen-bond donors (Lipinski definition) is 2. The van der Waals surface area contributed by atoms with Gasteiger partial charge < -0.3 is 15.5 Å². The van der Waals surface area contributed by atoms with Crippen molar-refractivity contribution >= 4 is 17.6 Å². The molecular weight excluding hydrogens is 593 g/mol. The maximum absolute atomic E-state index is 14.0. The van der Waals surface area contributed by atoms with Crippen molar-refractivity contribution in [2.24, 2.45) is 11.3 Å². The molecule has 3 fully saturated rings. The van der Waals surface area contributed by atoms with Crippen molar-refractivity contribution in [1.29, 1.82) is 5.26 Å². The first kappa shape index (κ1) is 29.7. The Morgan fingerprint density at radius 3 is 2.52 bits per heavy atom. The summed E-state index contributed by atoms with van der Waals surface area (Å²) < 4.78 is 74.6. The summed E-state index contributed by atoms with van der Waals surface area (Å²) in [5.41, 5.74) is -0.0479. The SMILES string of the molecule is Cc1nonc1C(=O)N[C@H](c1cn2ncc([C@H](N3C[C@@H](C(F)(F)F)NC3=O)C3(C#N)CCC3)cc2n1)C1CCC(F)(F)CC1. The van der Waals surface area contributed by atoms with Gasteiger partial charge in [-0.05, 0) is 49.7 Å². The van der Waals surface area contributed by atoms with E-state index in [4.69, 9.17) is 0 Å². The average Bonchev–Trinajstić information content (AvgIpc) is 3.67. The van der Waals surface area contributed by atoms with Crippen LogP contribution in [0.3, 0.4) is 0 Å². The van der Waals surface area contributed by atoms with Crippen LogP contribution in [0, 0.1) is 29.6 Å². The minimum Gasteiger partial charge on any atom is -0.342 e. The lowest BCUT2D eigenvalue weighted by molar-refractivity contribution is -0.150. The smallest absolute Gasteiger partial charge is 0.342 e. The van der Waals surface area contributed by atoms with Crippen LogP contribution in [0.4, 0.5) is 26.7 Å². The Labute approximate surface area is 246 Å². The number of nitriles is 1. The van der Waals surface area contributed by atoms with Gasteiger partial charge in [0.15, 0.2) is 11.3 Å². The number of fused-ring (bicyclic) bond motifs is 1. The maximum atomic E-state index is 14.0. The van der Waals surface area contributed by atoms with Crippen LogP contribution in [0.15, 0.2) is 23.1 Å². The van der Waals surface area contributed by atoms with Gasteiger partial charge >= 0.3 is 12.2 Å². The van der Waals surface area contributed by atoms with Gasteiger partial charge in [-0.25, -0.2) is 27.7 Å². The van der Waals surface area contributed by atoms with Crippen molar-refractivity contribution in [3.05, 3.63) is 41.1 Å². The van der Waals surface area contributed by atoms with E-state index in [2.05, 4.69) is 36.4 Å². The Morgan fingerprint density at radius 2 is 1.95 bits per heavy atom. The first-order chi connectivity index (χ1) is 20.8. The van der Waals surface area contributed by atoms with Crippen molar-refractivity contribution in [2.75, 3.05) is 6.54 Å². The van der Waals surface area contributed by atoms with Gasteiger partial charge in [0.25, 0.3) is 5.91 Å². The zero-order valence-electron chi connectivity index (χ0n) is 23.4. The van der Waals surface area contributed by atoms with E-state index in [1.807, 2.05) is 5.32 Å². The minimum atomic E-state index is -4.67. The Bertz CT molecular complexity index is 1620. The molecule has 2 saturated carbocycles. The van der Waals surface area contributed by atoms with Gasteiger partial charge in [-0.2, -0.15) is 23.5 Å². The first-order valence-corrected chi connectivity index (χ1v) is 14.2. The highest BCUT2D eigenvalue weighted by Gasteiger charge is 2.55. The van der Waals surface area contributed by atoms with E-state index in [1.165, 1.54) is 23.8 Å². The lowest BCUT2D eigenvalue weighted by Crippen LogP contribution is -2.46. The summed E-state index contributed by atoms with van der Waals surface area (Å²) in [6.45, 7) is 0.861. The van der Waals surface area contributed by atoms with Crippen LogP contribution in [-0.2, 0) is 0 Å². The molecule has 1 saturated heterocycles. The molecule has 0 bridgehead atoms. The highest BCUT2D eigenvalue weighted by molar-refractivity contribution is 5.93. The molecule has 1 aliphatic heterocycles. The molecule has 4 heterocycles. The van der Waals surface area contributed by atoms with Gasteiger partial charge in [0.1, 0.15) is 11.7 Å². The van der Waals surface area contributed by atoms with Gasteiger partial charge in [-0.15, -0.1) is 0 Å². The lowest BCUT2D eigenvalue weighted by atomic mass is 9.63. The lowest BCUT2D eigenvalue weighted by Gasteiger charge is -2.45. The predicted molar refractivity (Wildman–Crippen MR) is 139 cm³/mol. The first-order valence-electron chi connectivity index (χ1n) is 14.2. The molecule has 0 aromatic carbocycles. The summed E-state index contributed by atoms with van der Waals surface area (Å²) in [5.74, 6) is -3.84. The zero-order valence-corrected chi connectivity index (χ0v) is 23.4. The number of alkyl halides is 5. The highest BCUT2D eigenvalue weighted by atomic mass is 19.4. The molecule has 3 atom stereocenters. The number of nitrogens with one attached hydrogen (secondary N) is 2. The Hall–Kier alpha value is -4.36. The maximum Gasteiger partial charge on any atom is 0.410 e. The number of carbonyl (C=O) groups excluding carboxylic acids is 2. The van der Waals surface area contributed by atoms with Crippen LogP contribution in [-0.4, -0.2) is 66.4 Å². The van der Waals surface area contributed by atoms with Crippen molar-refractivity contribution in [3.63, 3.8) is 0 Å². The molecule has 0 radical (unpaired) electrons. The third-order valence-corrected chi connectivity index (χ3v) is 9.02. The Balaban J connectivity index is 1.35. The molecular formula is C27H28F5N9O3. The summed E-state index contributed by atoms with van der Waals surface area (Å²) in [4.78, 5) is 31.5. The van der Waals surface area contributed by atoms with Crippen LogP contribution in [0.2, 0.25) is 0 Å². The van der Waals surface area contributed by atoms with E-state index >= 15 is 0 Å². The summed E-state index contributed by atoms with van der Waals surface area (Å²) in [7, 11) is 0. The standard InChI is InChI=1S/C27H28F5N9O3/c1-14-20(39-44-38-14)23(42)37-21(15-3-7-26(28,29)8-4-15)17-11-41-19(35-17)9-16(10-34-41)22(25(13-33)5-2-6-25)40-12-18(27(30,31)32)36-24(40)43/h9-11,15,18,21-22H,2-8,12H2,1H3,(H,36,43)(H,37,42)/t18-,21-,22-/m0/s1. The number of aromatic nitrogens is 5. The molecule has 234 valence electrons. The highest BCUT2D eigenvalue weighted by Crippen LogP contribution is 2.53. The molecule has 3 aliphatic rings. The largest absolute Gasteiger partial charge is 0.410 e. The average molecular weight is 622 g/mol. The van der Waals surface area contributed by atoms with Crippen molar-refractivity contribution in [2.45, 2.75) is 82.1 Å². The van der Waals surface area contributed by atoms with E-state index in [0.29, 0.717) is 30.5 Å². The Morgan fingerprint density at radius 1 is 1.23 bits per heavy atom. The molecule has 0 spiro atoms. The number of carbonyl (C=O) groups is 2. The van der Waals surface area contributed by atoms with Gasteiger partial charge in [0.2, 0.25) is 5.92 Å². The topological polar surface area (TPSA) is 154 Å². The number of halogens is 5. The van der Waals surface area contributed by atoms with Crippen molar-refractivity contribution in [1.82, 2.24) is 40.4 Å². The van der Waals surface area contributed by atoms with Crippen molar-refractivity contribution in [3.8, 4) is 6.07 Å². The zero-order chi connectivity index (χ0) is 31.4. The molecule has 12 nitrogen and oxygen atoms in total. The summed E-state index contributed by atoms with van der Waals surface area (Å²) in [5, 5.41) is 26.5. The van der Waals surface area contributed by atoms with Crippen LogP contribution >= 0.6 is 0 Å². The van der Waals surface area contributed by atoms with Gasteiger partial charge in [-0.1, -0.05) is 11.6 Å². The number of amides is 3. The number of hydrogen-bond acceptors (Lipinski definition) is 8. The third kappa shape index (κ3) is 5.30. The van der Waals surface area contributed by atoms with Gasteiger partial charge in [0.05, 0.1) is 48.2 Å². The monoisotopic (exact) mass is 621 g/mol. The number of nitrogens with zero attached hydrogens (tertiary/aromatic N) is 7. The van der Waals surface area contributed by atoms with E-state index in [1.54, 1.807) is 6.07 Å². The fourth-order valence-corrected chi connectivity index (χ4v) is 6.45. The van der Waals surface area contributed by atoms with E-state index < -0.39 is 60.0 Å². The summed E-state index contributed by atoms with van der Waals surface area (Å²) in [6, 6.07) is -1.07. The minimum absolute atomic E-state index is 0.0634. The Kier molecular flexibility index (Phi) is 7.20.